The minimum Gasteiger partial charge on any atom is -0.378 e. The molecule has 0 aromatic heterocycles. The fraction of sp³-hybridized carbons (Fsp3) is 0.538. The molecular weight excluding hydrogens is 221 g/mol. The second kappa shape index (κ2) is 4.63. The highest BCUT2D eigenvalue weighted by Crippen LogP contribution is 2.20. The molecule has 0 aliphatic carbocycles. The lowest BCUT2D eigenvalue weighted by molar-refractivity contribution is -0.247. The summed E-state index contributed by atoms with van der Waals surface area (Å²) in [7, 11) is 0. The van der Waals surface area contributed by atoms with E-state index in [1.54, 1.807) is 13.0 Å². The van der Waals surface area contributed by atoms with Gasteiger partial charge in [-0.05, 0) is 38.5 Å². The first kappa shape index (κ1) is 12.3. The largest absolute Gasteiger partial charge is 0.378 e. The molecule has 0 spiro atoms. The molecule has 0 bridgehead atoms. The molecule has 1 aromatic carbocycles. The zero-order valence-corrected chi connectivity index (χ0v) is 10.4. The summed E-state index contributed by atoms with van der Waals surface area (Å²) in [6, 6.07) is 5.17. The number of halogens is 1. The van der Waals surface area contributed by atoms with Crippen molar-refractivity contribution in [3.63, 3.8) is 0 Å². The zero-order chi connectivity index (χ0) is 12.5. The average molecular weight is 239 g/mol. The van der Waals surface area contributed by atoms with E-state index in [9.17, 15) is 4.39 Å². The van der Waals surface area contributed by atoms with Crippen molar-refractivity contribution >= 4 is 5.69 Å². The number of aryl methyl sites for hydroxylation is 1. The zero-order valence-electron chi connectivity index (χ0n) is 10.4. The van der Waals surface area contributed by atoms with Crippen molar-refractivity contribution in [3.05, 3.63) is 29.6 Å². The third-order valence-corrected chi connectivity index (χ3v) is 2.81. The monoisotopic (exact) mass is 239 g/mol. The fourth-order valence-electron chi connectivity index (χ4n) is 1.69. The van der Waals surface area contributed by atoms with Crippen molar-refractivity contribution < 1.29 is 13.9 Å². The summed E-state index contributed by atoms with van der Waals surface area (Å²) in [5, 5.41) is 3.20. The summed E-state index contributed by atoms with van der Waals surface area (Å²) >= 11 is 0. The Hall–Kier alpha value is -1.13. The van der Waals surface area contributed by atoms with Gasteiger partial charge in [0.25, 0.3) is 0 Å². The lowest BCUT2D eigenvalue weighted by Gasteiger charge is -2.35. The van der Waals surface area contributed by atoms with E-state index in [4.69, 9.17) is 9.47 Å². The molecule has 3 nitrogen and oxygen atoms in total. The maximum atomic E-state index is 13.4. The lowest BCUT2D eigenvalue weighted by Crippen LogP contribution is -2.45. The summed E-state index contributed by atoms with van der Waals surface area (Å²) in [4.78, 5) is 0. The molecule has 4 heteroatoms. The van der Waals surface area contributed by atoms with Crippen LogP contribution in [0, 0.1) is 12.7 Å². The molecule has 1 aromatic rings. The van der Waals surface area contributed by atoms with Gasteiger partial charge in [-0.25, -0.2) is 4.39 Å². The van der Waals surface area contributed by atoms with Crippen LogP contribution in [0.3, 0.4) is 0 Å². The molecule has 17 heavy (non-hydrogen) atoms. The summed E-state index contributed by atoms with van der Waals surface area (Å²) in [6.07, 6.45) is 0. The van der Waals surface area contributed by atoms with Crippen molar-refractivity contribution in [3.8, 4) is 0 Å². The first-order valence-corrected chi connectivity index (χ1v) is 5.77. The van der Waals surface area contributed by atoms with Gasteiger partial charge in [-0.2, -0.15) is 0 Å². The van der Waals surface area contributed by atoms with Crippen molar-refractivity contribution in [2.24, 2.45) is 0 Å². The Labute approximate surface area is 101 Å². The predicted molar refractivity (Wildman–Crippen MR) is 64.5 cm³/mol. The average Bonchev–Trinajstić information content (AvgIpc) is 2.27. The van der Waals surface area contributed by atoms with E-state index in [1.807, 2.05) is 19.9 Å². The van der Waals surface area contributed by atoms with Gasteiger partial charge in [-0.1, -0.05) is 6.07 Å². The van der Waals surface area contributed by atoms with Gasteiger partial charge in [0.2, 0.25) is 0 Å². The van der Waals surface area contributed by atoms with E-state index in [1.165, 1.54) is 6.07 Å². The summed E-state index contributed by atoms with van der Waals surface area (Å²) in [6.45, 7) is 6.63. The molecule has 2 rings (SSSR count). The molecule has 0 atom stereocenters. The minimum absolute atomic E-state index is 0.0603. The molecule has 0 radical (unpaired) electrons. The molecule has 1 fully saturated rings. The van der Waals surface area contributed by atoms with Gasteiger partial charge in [-0.15, -0.1) is 0 Å². The molecule has 1 N–H and O–H groups in total. The Morgan fingerprint density at radius 1 is 1.29 bits per heavy atom. The van der Waals surface area contributed by atoms with Crippen LogP contribution in [0.2, 0.25) is 0 Å². The smallest absolute Gasteiger partial charge is 0.162 e. The SMILES string of the molecule is Cc1ccc(NC2COC(C)(C)OC2)cc1F. The van der Waals surface area contributed by atoms with Gasteiger partial charge in [-0.3, -0.25) is 0 Å². The molecule has 1 aliphatic heterocycles. The van der Waals surface area contributed by atoms with Crippen molar-refractivity contribution in [1.82, 2.24) is 0 Å². The number of ether oxygens (including phenoxy) is 2. The number of rotatable bonds is 2. The highest BCUT2D eigenvalue weighted by molar-refractivity contribution is 5.46. The minimum atomic E-state index is -0.517. The van der Waals surface area contributed by atoms with Gasteiger partial charge < -0.3 is 14.8 Å². The van der Waals surface area contributed by atoms with Crippen LogP contribution in [0.15, 0.2) is 18.2 Å². The third-order valence-electron chi connectivity index (χ3n) is 2.81. The molecular formula is C13H18FNO2. The third kappa shape index (κ3) is 3.17. The number of nitrogens with one attached hydrogen (secondary N) is 1. The number of benzene rings is 1. The highest BCUT2D eigenvalue weighted by Gasteiger charge is 2.28. The fourth-order valence-corrected chi connectivity index (χ4v) is 1.69. The van der Waals surface area contributed by atoms with Crippen LogP contribution in [-0.4, -0.2) is 25.0 Å². The second-order valence-electron chi connectivity index (χ2n) is 4.83. The molecule has 1 heterocycles. The van der Waals surface area contributed by atoms with Crippen LogP contribution in [0.4, 0.5) is 10.1 Å². The quantitative estimate of drug-likeness (QED) is 0.860. The molecule has 0 unspecified atom stereocenters. The van der Waals surface area contributed by atoms with E-state index >= 15 is 0 Å². The first-order chi connectivity index (χ1) is 7.96. The van der Waals surface area contributed by atoms with E-state index in [2.05, 4.69) is 5.32 Å². The Balaban J connectivity index is 1.95. The van der Waals surface area contributed by atoms with Crippen molar-refractivity contribution in [1.29, 1.82) is 0 Å². The normalized spacial score (nSPS) is 20.2. The van der Waals surface area contributed by atoms with E-state index < -0.39 is 5.79 Å². The maximum Gasteiger partial charge on any atom is 0.162 e. The van der Waals surface area contributed by atoms with Crippen LogP contribution < -0.4 is 5.32 Å². The summed E-state index contributed by atoms with van der Waals surface area (Å²) in [5.74, 6) is -0.718. The standard InChI is InChI=1S/C13H18FNO2/c1-9-4-5-10(6-12(9)14)15-11-7-16-13(2,3)17-8-11/h4-6,11,15H,7-8H2,1-3H3. The molecule has 1 aliphatic rings. The maximum absolute atomic E-state index is 13.4. The van der Waals surface area contributed by atoms with Crippen LogP contribution in [0.1, 0.15) is 19.4 Å². The topological polar surface area (TPSA) is 30.5 Å². The van der Waals surface area contributed by atoms with Crippen LogP contribution in [-0.2, 0) is 9.47 Å². The van der Waals surface area contributed by atoms with Gasteiger partial charge >= 0.3 is 0 Å². The van der Waals surface area contributed by atoms with E-state index in [-0.39, 0.29) is 11.9 Å². The van der Waals surface area contributed by atoms with Crippen molar-refractivity contribution in [2.75, 3.05) is 18.5 Å². The van der Waals surface area contributed by atoms with Gasteiger partial charge in [0.1, 0.15) is 5.82 Å². The van der Waals surface area contributed by atoms with Crippen molar-refractivity contribution in [2.45, 2.75) is 32.6 Å². The highest BCUT2D eigenvalue weighted by atomic mass is 19.1. The van der Waals surface area contributed by atoms with Crippen LogP contribution in [0.25, 0.3) is 0 Å². The summed E-state index contributed by atoms with van der Waals surface area (Å²) in [5.41, 5.74) is 1.40. The Morgan fingerprint density at radius 3 is 2.53 bits per heavy atom. The molecule has 94 valence electrons. The molecule has 0 saturated carbocycles. The van der Waals surface area contributed by atoms with E-state index in [0.29, 0.717) is 18.8 Å². The van der Waals surface area contributed by atoms with Gasteiger partial charge in [0.05, 0.1) is 19.3 Å². The second-order valence-corrected chi connectivity index (χ2v) is 4.83. The Morgan fingerprint density at radius 2 is 1.94 bits per heavy atom. The van der Waals surface area contributed by atoms with E-state index in [0.717, 1.165) is 5.69 Å². The molecule has 0 amide bonds. The predicted octanol–water partition coefficient (Wildman–Crippen LogP) is 2.70. The Kier molecular flexibility index (Phi) is 3.35. The number of anilines is 1. The van der Waals surface area contributed by atoms with Gasteiger partial charge in [0.15, 0.2) is 5.79 Å². The molecule has 1 saturated heterocycles. The Bertz CT molecular complexity index is 396. The first-order valence-electron chi connectivity index (χ1n) is 5.77. The van der Waals surface area contributed by atoms with Crippen LogP contribution >= 0.6 is 0 Å². The lowest BCUT2D eigenvalue weighted by atomic mass is 10.2. The number of hydrogen-bond donors (Lipinski definition) is 1. The van der Waals surface area contributed by atoms with Crippen LogP contribution in [0.5, 0.6) is 0 Å². The summed E-state index contributed by atoms with van der Waals surface area (Å²) < 4.78 is 24.4. The number of hydrogen-bond acceptors (Lipinski definition) is 3. The van der Waals surface area contributed by atoms with Gasteiger partial charge in [0, 0.05) is 5.69 Å².